The Bertz CT molecular complexity index is 638. The zero-order chi connectivity index (χ0) is 20.4. The fraction of sp³-hybridized carbons (Fsp3) is 0.696. The Morgan fingerprint density at radius 3 is 2.79 bits per heavy atom. The lowest BCUT2D eigenvalue weighted by Gasteiger charge is -2.30. The third-order valence-corrected chi connectivity index (χ3v) is 5.98. The van der Waals surface area contributed by atoms with Gasteiger partial charge in [-0.25, -0.2) is 0 Å². The highest BCUT2D eigenvalue weighted by atomic mass is 16.5. The number of hydrogen-bond donors (Lipinski definition) is 2. The van der Waals surface area contributed by atoms with Crippen molar-refractivity contribution in [2.45, 2.75) is 57.0 Å². The van der Waals surface area contributed by atoms with E-state index in [1.807, 2.05) is 6.07 Å². The van der Waals surface area contributed by atoms with Crippen molar-refractivity contribution in [3.63, 3.8) is 0 Å². The Balaban J connectivity index is 1.56. The van der Waals surface area contributed by atoms with Gasteiger partial charge in [0.05, 0.1) is 26.4 Å². The Morgan fingerprint density at radius 2 is 2.07 bits per heavy atom. The van der Waals surface area contributed by atoms with Crippen LogP contribution in [0.25, 0.3) is 0 Å². The van der Waals surface area contributed by atoms with E-state index in [4.69, 9.17) is 19.2 Å². The molecule has 1 aromatic carbocycles. The van der Waals surface area contributed by atoms with E-state index in [1.165, 1.54) is 18.4 Å². The number of nitrogens with zero attached hydrogens (tertiary/aromatic N) is 1. The minimum atomic E-state index is 0.0700. The van der Waals surface area contributed by atoms with Crippen molar-refractivity contribution in [2.75, 3.05) is 46.6 Å². The average molecular weight is 404 g/mol. The molecule has 6 nitrogen and oxygen atoms in total. The summed E-state index contributed by atoms with van der Waals surface area (Å²) in [6, 6.07) is 8.43. The van der Waals surface area contributed by atoms with Gasteiger partial charge >= 0.3 is 0 Å². The summed E-state index contributed by atoms with van der Waals surface area (Å²) in [6.45, 7) is 6.90. The molecule has 1 saturated heterocycles. The number of nitrogens with one attached hydrogen (secondary N) is 2. The molecule has 0 radical (unpaired) electrons. The van der Waals surface area contributed by atoms with Crippen molar-refractivity contribution in [2.24, 2.45) is 4.99 Å². The summed E-state index contributed by atoms with van der Waals surface area (Å²) in [7, 11) is 1.76. The van der Waals surface area contributed by atoms with Gasteiger partial charge in [-0.2, -0.15) is 0 Å². The van der Waals surface area contributed by atoms with Crippen LogP contribution in [0.4, 0.5) is 0 Å². The first-order valence-electron chi connectivity index (χ1n) is 11.1. The van der Waals surface area contributed by atoms with E-state index < -0.39 is 0 Å². The lowest BCUT2D eigenvalue weighted by atomic mass is 9.78. The van der Waals surface area contributed by atoms with Crippen LogP contribution in [0.3, 0.4) is 0 Å². The molecule has 2 aliphatic rings. The summed E-state index contributed by atoms with van der Waals surface area (Å²) < 4.78 is 16.9. The maximum absolute atomic E-state index is 5.85. The van der Waals surface area contributed by atoms with E-state index in [0.717, 1.165) is 76.8 Å². The van der Waals surface area contributed by atoms with Crippen LogP contribution in [-0.4, -0.2) is 58.6 Å². The predicted molar refractivity (Wildman–Crippen MR) is 117 cm³/mol. The normalized spacial score (nSPS) is 21.3. The molecule has 1 aliphatic carbocycles. The van der Waals surface area contributed by atoms with Crippen LogP contribution in [0.1, 0.15) is 51.0 Å². The number of rotatable bonds is 10. The average Bonchev–Trinajstić information content (AvgIpc) is 3.44. The van der Waals surface area contributed by atoms with Crippen LogP contribution < -0.4 is 15.4 Å². The van der Waals surface area contributed by atoms with E-state index in [9.17, 15) is 0 Å². The molecule has 0 aromatic heterocycles. The molecule has 1 atom stereocenters. The molecule has 1 heterocycles. The number of guanidine groups is 1. The molecule has 29 heavy (non-hydrogen) atoms. The first-order valence-corrected chi connectivity index (χ1v) is 11.1. The molecule has 3 rings (SSSR count). The quantitative estimate of drug-likeness (QED) is 0.357. The number of hydrogen-bond acceptors (Lipinski definition) is 4. The SMILES string of the molecule is CCNC(=NCC1(c2ccccc2OC)CCCC1)NCCCOC1CCOC1. The molecule has 0 bridgehead atoms. The minimum Gasteiger partial charge on any atom is -0.496 e. The molecule has 0 spiro atoms. The summed E-state index contributed by atoms with van der Waals surface area (Å²) in [5, 5.41) is 6.85. The van der Waals surface area contributed by atoms with Gasteiger partial charge in [-0.1, -0.05) is 31.0 Å². The molecule has 6 heteroatoms. The summed E-state index contributed by atoms with van der Waals surface area (Å²) in [4.78, 5) is 4.97. The molecule has 1 saturated carbocycles. The van der Waals surface area contributed by atoms with Crippen molar-refractivity contribution < 1.29 is 14.2 Å². The van der Waals surface area contributed by atoms with E-state index in [2.05, 4.69) is 35.8 Å². The summed E-state index contributed by atoms with van der Waals surface area (Å²) >= 11 is 0. The van der Waals surface area contributed by atoms with E-state index >= 15 is 0 Å². The Kier molecular flexibility index (Phi) is 8.62. The molecule has 2 fully saturated rings. The van der Waals surface area contributed by atoms with Crippen LogP contribution in [0.5, 0.6) is 5.75 Å². The third-order valence-electron chi connectivity index (χ3n) is 5.98. The third kappa shape index (κ3) is 6.09. The number of methoxy groups -OCH3 is 1. The number of para-hydroxylation sites is 1. The second-order valence-electron chi connectivity index (χ2n) is 8.02. The van der Waals surface area contributed by atoms with Crippen LogP contribution in [0, 0.1) is 0 Å². The van der Waals surface area contributed by atoms with Crippen LogP contribution >= 0.6 is 0 Å². The highest BCUT2D eigenvalue weighted by Crippen LogP contribution is 2.44. The second kappa shape index (κ2) is 11.4. The highest BCUT2D eigenvalue weighted by molar-refractivity contribution is 5.79. The summed E-state index contributed by atoms with van der Waals surface area (Å²) in [6.07, 6.45) is 7.07. The van der Waals surface area contributed by atoms with Gasteiger partial charge in [-0.15, -0.1) is 0 Å². The fourth-order valence-corrected chi connectivity index (χ4v) is 4.39. The van der Waals surface area contributed by atoms with Gasteiger partial charge in [-0.05, 0) is 38.7 Å². The standard InChI is InChI=1S/C23H37N3O3/c1-3-24-22(25-14-8-15-29-19-11-16-28-17-19)26-18-23(12-6-7-13-23)20-9-4-5-10-21(20)27-2/h4-5,9-10,19H,3,6-8,11-18H2,1-2H3,(H2,24,25,26). The van der Waals surface area contributed by atoms with E-state index in [-0.39, 0.29) is 11.5 Å². The molecule has 1 aliphatic heterocycles. The molecule has 0 amide bonds. The lowest BCUT2D eigenvalue weighted by molar-refractivity contribution is 0.0420. The Labute approximate surface area is 175 Å². The zero-order valence-electron chi connectivity index (χ0n) is 18.0. The van der Waals surface area contributed by atoms with Crippen LogP contribution in [0.2, 0.25) is 0 Å². The lowest BCUT2D eigenvalue weighted by Crippen LogP contribution is -2.39. The molecule has 1 aromatic rings. The van der Waals surface area contributed by atoms with Gasteiger partial charge < -0.3 is 24.8 Å². The summed E-state index contributed by atoms with van der Waals surface area (Å²) in [5.74, 6) is 1.87. The molecular weight excluding hydrogens is 366 g/mol. The number of aliphatic imine (C=N–C) groups is 1. The van der Waals surface area contributed by atoms with Crippen molar-refractivity contribution in [3.8, 4) is 5.75 Å². The monoisotopic (exact) mass is 403 g/mol. The van der Waals surface area contributed by atoms with Gasteiger partial charge in [-0.3, -0.25) is 4.99 Å². The Hall–Kier alpha value is -1.79. The van der Waals surface area contributed by atoms with Crippen LogP contribution in [-0.2, 0) is 14.9 Å². The van der Waals surface area contributed by atoms with Crippen LogP contribution in [0.15, 0.2) is 29.3 Å². The van der Waals surface area contributed by atoms with Gasteiger partial charge in [0.15, 0.2) is 5.96 Å². The number of benzene rings is 1. The summed E-state index contributed by atoms with van der Waals surface area (Å²) in [5.41, 5.74) is 1.37. The van der Waals surface area contributed by atoms with E-state index in [0.29, 0.717) is 0 Å². The maximum Gasteiger partial charge on any atom is 0.191 e. The molecule has 162 valence electrons. The first kappa shape index (κ1) is 21.9. The largest absolute Gasteiger partial charge is 0.496 e. The van der Waals surface area contributed by atoms with E-state index in [1.54, 1.807) is 7.11 Å². The smallest absolute Gasteiger partial charge is 0.191 e. The molecular formula is C23H37N3O3. The fourth-order valence-electron chi connectivity index (χ4n) is 4.39. The van der Waals surface area contributed by atoms with Crippen molar-refractivity contribution in [1.82, 2.24) is 10.6 Å². The zero-order valence-corrected chi connectivity index (χ0v) is 18.0. The van der Waals surface area contributed by atoms with Crippen molar-refractivity contribution in [3.05, 3.63) is 29.8 Å². The number of ether oxygens (including phenoxy) is 3. The van der Waals surface area contributed by atoms with Gasteiger partial charge in [0.2, 0.25) is 0 Å². The minimum absolute atomic E-state index is 0.0700. The topological polar surface area (TPSA) is 64.1 Å². The maximum atomic E-state index is 5.85. The molecule has 1 unspecified atom stereocenters. The van der Waals surface area contributed by atoms with Gasteiger partial charge in [0.1, 0.15) is 5.75 Å². The Morgan fingerprint density at radius 1 is 1.24 bits per heavy atom. The van der Waals surface area contributed by atoms with Gasteiger partial charge in [0.25, 0.3) is 0 Å². The predicted octanol–water partition coefficient (Wildman–Crippen LogP) is 3.26. The van der Waals surface area contributed by atoms with Crippen molar-refractivity contribution >= 4 is 5.96 Å². The second-order valence-corrected chi connectivity index (χ2v) is 8.02. The first-order chi connectivity index (χ1) is 14.3. The highest BCUT2D eigenvalue weighted by Gasteiger charge is 2.37. The molecule has 2 N–H and O–H groups in total. The van der Waals surface area contributed by atoms with Crippen molar-refractivity contribution in [1.29, 1.82) is 0 Å². The van der Waals surface area contributed by atoms with Gasteiger partial charge in [0, 0.05) is 37.3 Å².